The van der Waals surface area contributed by atoms with E-state index >= 15 is 0 Å². The van der Waals surface area contributed by atoms with Crippen LogP contribution in [0.3, 0.4) is 0 Å². The molecule has 35 heavy (non-hydrogen) atoms. The van der Waals surface area contributed by atoms with Crippen LogP contribution in [0.5, 0.6) is 5.75 Å². The van der Waals surface area contributed by atoms with Gasteiger partial charge in [-0.25, -0.2) is 0 Å². The van der Waals surface area contributed by atoms with E-state index < -0.39 is 0 Å². The second-order valence-electron chi connectivity index (χ2n) is 8.61. The molecule has 0 fully saturated rings. The molecule has 0 atom stereocenters. The molecule has 4 nitrogen and oxygen atoms in total. The minimum Gasteiger partial charge on any atom is -0.496 e. The van der Waals surface area contributed by atoms with Crippen LogP contribution in [0.25, 0.3) is 38.4 Å². The molecule has 1 N–H and O–H groups in total. The maximum atomic E-state index is 12.6. The van der Waals surface area contributed by atoms with Crippen molar-refractivity contribution >= 4 is 33.2 Å². The first-order valence-corrected chi connectivity index (χ1v) is 11.7. The third-order valence-corrected chi connectivity index (χ3v) is 6.28. The zero-order valence-electron chi connectivity index (χ0n) is 19.9. The van der Waals surface area contributed by atoms with Crippen LogP contribution < -0.4 is 10.1 Å². The van der Waals surface area contributed by atoms with Crippen molar-refractivity contribution < 1.29 is 13.9 Å². The second-order valence-corrected chi connectivity index (χ2v) is 8.61. The molecule has 0 unspecified atom stereocenters. The zero-order valence-corrected chi connectivity index (χ0v) is 19.9. The Morgan fingerprint density at radius 3 is 2.51 bits per heavy atom. The van der Waals surface area contributed by atoms with Gasteiger partial charge in [0.1, 0.15) is 11.3 Å². The van der Waals surface area contributed by atoms with Crippen LogP contribution in [-0.4, -0.2) is 19.6 Å². The van der Waals surface area contributed by atoms with Gasteiger partial charge in [0.2, 0.25) is 5.91 Å². The molecule has 0 aliphatic rings. The van der Waals surface area contributed by atoms with Gasteiger partial charge in [-0.15, -0.1) is 0 Å². The van der Waals surface area contributed by atoms with Crippen LogP contribution in [0.15, 0.2) is 102 Å². The van der Waals surface area contributed by atoms with E-state index in [0.29, 0.717) is 12.3 Å². The molecule has 0 aliphatic heterocycles. The van der Waals surface area contributed by atoms with Crippen LogP contribution in [0.4, 0.5) is 0 Å². The smallest absolute Gasteiger partial charge is 0.244 e. The van der Waals surface area contributed by atoms with Gasteiger partial charge in [-0.1, -0.05) is 66.7 Å². The summed E-state index contributed by atoms with van der Waals surface area (Å²) < 4.78 is 11.5. The highest BCUT2D eigenvalue weighted by Gasteiger charge is 2.15. The van der Waals surface area contributed by atoms with Gasteiger partial charge in [-0.2, -0.15) is 0 Å². The predicted molar refractivity (Wildman–Crippen MR) is 143 cm³/mol. The summed E-state index contributed by atoms with van der Waals surface area (Å²) in [4.78, 5) is 12.6. The Bertz CT molecular complexity index is 1530. The lowest BCUT2D eigenvalue weighted by atomic mass is 9.97. The van der Waals surface area contributed by atoms with Gasteiger partial charge in [0.25, 0.3) is 0 Å². The number of hydrogen-bond donors (Lipinski definition) is 1. The number of carbonyl (C=O) groups excluding carboxylic acids is 1. The van der Waals surface area contributed by atoms with Crippen molar-refractivity contribution in [2.45, 2.75) is 13.3 Å². The van der Waals surface area contributed by atoms with Crippen molar-refractivity contribution in [3.8, 4) is 16.9 Å². The number of benzene rings is 4. The molecule has 0 saturated heterocycles. The number of furan rings is 1. The second kappa shape index (κ2) is 9.90. The summed E-state index contributed by atoms with van der Waals surface area (Å²) in [5.74, 6) is 0.547. The van der Waals surface area contributed by atoms with E-state index in [1.54, 1.807) is 19.4 Å². The van der Waals surface area contributed by atoms with E-state index in [-0.39, 0.29) is 5.91 Å². The summed E-state index contributed by atoms with van der Waals surface area (Å²) in [5, 5.41) is 6.34. The molecule has 0 aliphatic carbocycles. The highest BCUT2D eigenvalue weighted by atomic mass is 16.5. The van der Waals surface area contributed by atoms with Crippen molar-refractivity contribution in [1.82, 2.24) is 5.32 Å². The van der Waals surface area contributed by atoms with Crippen molar-refractivity contribution in [3.05, 3.63) is 108 Å². The molecular weight excluding hydrogens is 434 g/mol. The standard InChI is InChI=1S/C31H27NO3/c1-21(16-31(33)32-15-14-22-8-4-3-5-9-22)26-18-27-28(20-35-30(27)19-29(26)34-2)25-13-12-23-10-6-7-11-24(23)17-25/h3-13,16-20H,14-15H2,1-2H3,(H,32,33)/b21-16+. The fraction of sp³-hybridized carbons (Fsp3) is 0.129. The molecule has 0 radical (unpaired) electrons. The van der Waals surface area contributed by atoms with Crippen LogP contribution in [0.1, 0.15) is 18.1 Å². The van der Waals surface area contributed by atoms with E-state index in [4.69, 9.17) is 9.15 Å². The van der Waals surface area contributed by atoms with Crippen LogP contribution in [-0.2, 0) is 11.2 Å². The van der Waals surface area contributed by atoms with Crippen molar-refractivity contribution in [2.24, 2.45) is 0 Å². The number of carbonyl (C=O) groups is 1. The van der Waals surface area contributed by atoms with E-state index in [1.165, 1.54) is 16.3 Å². The fourth-order valence-electron chi connectivity index (χ4n) is 4.41. The number of methoxy groups -OCH3 is 1. The largest absolute Gasteiger partial charge is 0.496 e. The molecule has 5 aromatic rings. The summed E-state index contributed by atoms with van der Waals surface area (Å²) in [6, 6.07) is 28.8. The van der Waals surface area contributed by atoms with Crippen LogP contribution in [0.2, 0.25) is 0 Å². The average molecular weight is 462 g/mol. The van der Waals surface area contributed by atoms with Gasteiger partial charge in [-0.3, -0.25) is 4.79 Å². The Morgan fingerprint density at radius 1 is 0.943 bits per heavy atom. The first-order valence-electron chi connectivity index (χ1n) is 11.7. The molecule has 1 aromatic heterocycles. The third-order valence-electron chi connectivity index (χ3n) is 6.28. The number of hydrogen-bond acceptors (Lipinski definition) is 3. The average Bonchev–Trinajstić information content (AvgIpc) is 3.31. The Labute approximate surface area is 204 Å². The fourth-order valence-corrected chi connectivity index (χ4v) is 4.41. The number of rotatable bonds is 7. The summed E-state index contributed by atoms with van der Waals surface area (Å²) in [5.41, 5.74) is 5.72. The van der Waals surface area contributed by atoms with Crippen LogP contribution >= 0.6 is 0 Å². The molecule has 0 bridgehead atoms. The lowest BCUT2D eigenvalue weighted by molar-refractivity contribution is -0.116. The van der Waals surface area contributed by atoms with Gasteiger partial charge in [0.05, 0.1) is 13.4 Å². The van der Waals surface area contributed by atoms with E-state index in [0.717, 1.165) is 39.7 Å². The van der Waals surface area contributed by atoms with Crippen molar-refractivity contribution in [1.29, 1.82) is 0 Å². The van der Waals surface area contributed by atoms with Gasteiger partial charge in [0, 0.05) is 35.2 Å². The van der Waals surface area contributed by atoms with E-state index in [1.807, 2.05) is 49.4 Å². The highest BCUT2D eigenvalue weighted by molar-refractivity contribution is 6.01. The first-order chi connectivity index (χ1) is 17.1. The zero-order chi connectivity index (χ0) is 24.2. The van der Waals surface area contributed by atoms with Gasteiger partial charge in [-0.05, 0) is 52.9 Å². The topological polar surface area (TPSA) is 51.5 Å². The predicted octanol–water partition coefficient (Wildman–Crippen LogP) is 7.02. The van der Waals surface area contributed by atoms with E-state index in [2.05, 4.69) is 47.8 Å². The number of amides is 1. The van der Waals surface area contributed by atoms with Gasteiger partial charge >= 0.3 is 0 Å². The number of allylic oxidation sites excluding steroid dienone is 1. The molecule has 0 spiro atoms. The number of nitrogens with one attached hydrogen (secondary N) is 1. The van der Waals surface area contributed by atoms with Gasteiger partial charge in [0.15, 0.2) is 0 Å². The number of ether oxygens (including phenoxy) is 1. The molecule has 4 aromatic carbocycles. The summed E-state index contributed by atoms with van der Waals surface area (Å²) >= 11 is 0. The molecule has 5 rings (SSSR count). The molecule has 0 saturated carbocycles. The lowest BCUT2D eigenvalue weighted by Crippen LogP contribution is -2.23. The summed E-state index contributed by atoms with van der Waals surface area (Å²) in [6.45, 7) is 2.51. The van der Waals surface area contributed by atoms with Crippen LogP contribution in [0, 0.1) is 0 Å². The highest BCUT2D eigenvalue weighted by Crippen LogP contribution is 2.38. The third kappa shape index (κ3) is 4.82. The molecule has 174 valence electrons. The quantitative estimate of drug-likeness (QED) is 0.265. The first kappa shape index (κ1) is 22.5. The summed E-state index contributed by atoms with van der Waals surface area (Å²) in [6.07, 6.45) is 4.21. The Kier molecular flexibility index (Phi) is 6.36. The maximum Gasteiger partial charge on any atom is 0.244 e. The molecule has 1 heterocycles. The lowest BCUT2D eigenvalue weighted by Gasteiger charge is -2.10. The van der Waals surface area contributed by atoms with E-state index in [9.17, 15) is 4.79 Å². The normalized spacial score (nSPS) is 11.7. The minimum absolute atomic E-state index is 0.123. The van der Waals surface area contributed by atoms with Gasteiger partial charge < -0.3 is 14.5 Å². The SMILES string of the molecule is COc1cc2occ(-c3ccc4ccccc4c3)c2cc1/C(C)=C/C(=O)NCCc1ccccc1. The Morgan fingerprint density at radius 2 is 1.71 bits per heavy atom. The Balaban J connectivity index is 1.43. The number of fused-ring (bicyclic) bond motifs is 2. The maximum absolute atomic E-state index is 12.6. The monoisotopic (exact) mass is 461 g/mol. The van der Waals surface area contributed by atoms with Crippen molar-refractivity contribution in [2.75, 3.05) is 13.7 Å². The minimum atomic E-state index is -0.123. The molecule has 4 heteroatoms. The summed E-state index contributed by atoms with van der Waals surface area (Å²) in [7, 11) is 1.63. The molecule has 1 amide bonds. The van der Waals surface area contributed by atoms with Crippen molar-refractivity contribution in [3.63, 3.8) is 0 Å². The molecular formula is C31H27NO3. The Hall–Kier alpha value is -4.31.